The van der Waals surface area contributed by atoms with Crippen LogP contribution < -0.4 is 0 Å². The molecule has 0 saturated heterocycles. The summed E-state index contributed by atoms with van der Waals surface area (Å²) in [6.07, 6.45) is 5.67. The predicted octanol–water partition coefficient (Wildman–Crippen LogP) is 1.69. The molecular weight excluding hydrogens is 216 g/mol. The topological polar surface area (TPSA) is 52.1 Å². The van der Waals surface area contributed by atoms with Crippen molar-refractivity contribution in [1.82, 2.24) is 0 Å². The van der Waals surface area contributed by atoms with E-state index in [4.69, 9.17) is 0 Å². The van der Waals surface area contributed by atoms with E-state index in [1.54, 1.807) is 0 Å². The van der Waals surface area contributed by atoms with Crippen molar-refractivity contribution >= 4 is 12.4 Å². The second kappa shape index (κ2) is 5.48. The summed E-state index contributed by atoms with van der Waals surface area (Å²) >= 11 is 0. The molecule has 1 heterocycles. The van der Waals surface area contributed by atoms with Gasteiger partial charge in [0.1, 0.15) is 12.8 Å². The van der Waals surface area contributed by atoms with Crippen molar-refractivity contribution in [3.05, 3.63) is 45.8 Å². The summed E-state index contributed by atoms with van der Waals surface area (Å²) in [7, 11) is 0. The van der Waals surface area contributed by atoms with Gasteiger partial charge in [0.2, 0.25) is 0 Å². The van der Waals surface area contributed by atoms with E-state index in [-0.39, 0.29) is 4.90 Å². The van der Waals surface area contributed by atoms with Gasteiger partial charge >= 0.3 is 0 Å². The number of hydrogen-bond donors (Lipinski definition) is 0. The van der Waals surface area contributed by atoms with Crippen LogP contribution in [-0.2, 0) is 13.0 Å². The fourth-order valence-corrected chi connectivity index (χ4v) is 2.08. The van der Waals surface area contributed by atoms with Crippen LogP contribution in [0.4, 0.5) is 0 Å². The summed E-state index contributed by atoms with van der Waals surface area (Å²) in [5.74, 6) is 0. The van der Waals surface area contributed by atoms with Gasteiger partial charge in [0.05, 0.1) is 6.42 Å². The molecule has 0 aliphatic carbocycles. The molecule has 0 spiro atoms. The zero-order valence-electron chi connectivity index (χ0n) is 9.71. The first-order valence-corrected chi connectivity index (χ1v) is 5.86. The minimum Gasteiger partial charge on any atom is -0.613 e. The van der Waals surface area contributed by atoms with Gasteiger partial charge in [-0.1, -0.05) is 24.3 Å². The first-order chi connectivity index (χ1) is 8.25. The average molecular weight is 232 g/mol. The number of unbranched alkanes of at least 4 members (excludes halogenated alkanes) is 1. The van der Waals surface area contributed by atoms with Gasteiger partial charge < -0.3 is 10.4 Å². The maximum atomic E-state index is 10.1. The molecule has 0 saturated carbocycles. The Morgan fingerprint density at radius 3 is 2.76 bits per heavy atom. The highest BCUT2D eigenvalue weighted by molar-refractivity contribution is 5.59. The summed E-state index contributed by atoms with van der Waals surface area (Å²) < 4.78 is 2.25. The molecule has 1 aromatic rings. The summed E-state index contributed by atoms with van der Waals surface area (Å²) in [5, 5.41) is 20.3. The van der Waals surface area contributed by atoms with Crippen LogP contribution in [0.3, 0.4) is 0 Å². The number of benzene rings is 1. The van der Waals surface area contributed by atoms with E-state index < -0.39 is 0 Å². The second-order valence-electron chi connectivity index (χ2n) is 4.24. The van der Waals surface area contributed by atoms with Crippen molar-refractivity contribution in [2.45, 2.75) is 25.8 Å². The van der Waals surface area contributed by atoms with Crippen LogP contribution in [-0.4, -0.2) is 28.5 Å². The van der Waals surface area contributed by atoms with Crippen LogP contribution in [0.2, 0.25) is 0 Å². The van der Waals surface area contributed by atoms with Gasteiger partial charge in [-0.15, -0.1) is 0 Å². The SMILES string of the molecule is [O-][N+]([O-])=CCCC[N+]1=CCc2ccccc2C1. The molecule has 0 unspecified atom stereocenters. The van der Waals surface area contributed by atoms with Gasteiger partial charge in [0.15, 0.2) is 12.8 Å². The molecule has 0 bridgehead atoms. The van der Waals surface area contributed by atoms with E-state index in [9.17, 15) is 10.4 Å². The Kier molecular flexibility index (Phi) is 3.75. The van der Waals surface area contributed by atoms with Gasteiger partial charge in [-0.05, 0) is 5.56 Å². The summed E-state index contributed by atoms with van der Waals surface area (Å²) in [5.41, 5.74) is 2.76. The minimum atomic E-state index is -0.366. The van der Waals surface area contributed by atoms with E-state index in [1.807, 2.05) is 0 Å². The molecule has 90 valence electrons. The fraction of sp³-hybridized carbons (Fsp3) is 0.385. The van der Waals surface area contributed by atoms with E-state index >= 15 is 0 Å². The lowest BCUT2D eigenvalue weighted by molar-refractivity contribution is -0.542. The Bertz CT molecular complexity index is 448. The summed E-state index contributed by atoms with van der Waals surface area (Å²) in [6, 6.07) is 8.43. The molecule has 0 radical (unpaired) electrons. The number of fused-ring (bicyclic) bond motifs is 1. The van der Waals surface area contributed by atoms with Gasteiger partial charge in [-0.25, -0.2) is 4.58 Å². The van der Waals surface area contributed by atoms with Crippen molar-refractivity contribution in [1.29, 1.82) is 0 Å². The van der Waals surface area contributed by atoms with Crippen LogP contribution in [0.1, 0.15) is 24.0 Å². The minimum absolute atomic E-state index is 0.366. The third-order valence-corrected chi connectivity index (χ3v) is 2.99. The molecule has 17 heavy (non-hydrogen) atoms. The standard InChI is InChI=1S/C13H16N2O2/c16-15(17)9-4-3-8-14-10-7-12-5-1-2-6-13(12)11-14/h1-2,5-6,9-10H,3-4,7-8,11H2. The first-order valence-electron chi connectivity index (χ1n) is 5.86. The van der Waals surface area contributed by atoms with Crippen LogP contribution in [0.25, 0.3) is 0 Å². The van der Waals surface area contributed by atoms with Crippen molar-refractivity contribution in [2.24, 2.45) is 0 Å². The highest BCUT2D eigenvalue weighted by Gasteiger charge is 2.14. The number of hydrogen-bond acceptors (Lipinski definition) is 2. The van der Waals surface area contributed by atoms with E-state index in [0.717, 1.165) is 32.1 Å². The molecule has 1 aromatic carbocycles. The largest absolute Gasteiger partial charge is 0.613 e. The van der Waals surface area contributed by atoms with E-state index in [0.29, 0.717) is 6.42 Å². The summed E-state index contributed by atoms with van der Waals surface area (Å²) in [6.45, 7) is 1.81. The Morgan fingerprint density at radius 1 is 1.24 bits per heavy atom. The lowest BCUT2D eigenvalue weighted by atomic mass is 10.0. The third-order valence-electron chi connectivity index (χ3n) is 2.99. The van der Waals surface area contributed by atoms with Crippen LogP contribution in [0.15, 0.2) is 24.3 Å². The quantitative estimate of drug-likeness (QED) is 0.261. The molecule has 0 aromatic heterocycles. The Hall–Kier alpha value is -1.84. The lowest BCUT2D eigenvalue weighted by Crippen LogP contribution is -2.21. The fourth-order valence-electron chi connectivity index (χ4n) is 2.08. The van der Waals surface area contributed by atoms with E-state index in [1.165, 1.54) is 11.1 Å². The maximum Gasteiger partial charge on any atom is 0.168 e. The van der Waals surface area contributed by atoms with Crippen molar-refractivity contribution in [3.8, 4) is 0 Å². The third kappa shape index (κ3) is 3.31. The smallest absolute Gasteiger partial charge is 0.168 e. The molecule has 0 atom stereocenters. The normalized spacial score (nSPS) is 13.8. The van der Waals surface area contributed by atoms with Gasteiger partial charge in [-0.3, -0.25) is 0 Å². The molecule has 4 heteroatoms. The van der Waals surface area contributed by atoms with Crippen molar-refractivity contribution in [2.75, 3.05) is 6.54 Å². The molecule has 1 aliphatic heterocycles. The zero-order valence-corrected chi connectivity index (χ0v) is 9.71. The average Bonchev–Trinajstić information content (AvgIpc) is 2.34. The maximum absolute atomic E-state index is 10.1. The number of nitrogens with zero attached hydrogens (tertiary/aromatic N) is 2. The number of rotatable bonds is 4. The van der Waals surface area contributed by atoms with Crippen molar-refractivity contribution < 1.29 is 9.48 Å². The van der Waals surface area contributed by atoms with Crippen LogP contribution >= 0.6 is 0 Å². The van der Waals surface area contributed by atoms with Gasteiger partial charge in [-0.2, -0.15) is 4.90 Å². The van der Waals surface area contributed by atoms with Crippen molar-refractivity contribution in [3.63, 3.8) is 0 Å². The highest BCUT2D eigenvalue weighted by Crippen LogP contribution is 2.13. The van der Waals surface area contributed by atoms with E-state index in [2.05, 4.69) is 35.1 Å². The highest BCUT2D eigenvalue weighted by atomic mass is 16.8. The molecule has 4 nitrogen and oxygen atoms in total. The van der Waals surface area contributed by atoms with Gasteiger partial charge in [0.25, 0.3) is 0 Å². The first kappa shape index (κ1) is 11.6. The molecule has 2 rings (SSSR count). The zero-order chi connectivity index (χ0) is 12.1. The van der Waals surface area contributed by atoms with Gasteiger partial charge in [0, 0.05) is 18.4 Å². The molecule has 0 amide bonds. The Balaban J connectivity index is 1.85. The summed E-state index contributed by atoms with van der Waals surface area (Å²) in [4.78, 5) is -0.366. The Morgan fingerprint density at radius 2 is 2.00 bits per heavy atom. The molecule has 1 aliphatic rings. The molecule has 0 N–H and O–H groups in total. The monoisotopic (exact) mass is 232 g/mol. The molecular formula is C13H16N2O2. The Labute approximate surface area is 101 Å². The molecule has 0 fully saturated rings. The predicted molar refractivity (Wildman–Crippen MR) is 67.3 cm³/mol. The van der Waals surface area contributed by atoms with Crippen LogP contribution in [0.5, 0.6) is 0 Å². The second-order valence-corrected chi connectivity index (χ2v) is 4.24. The lowest BCUT2D eigenvalue weighted by Gasteiger charge is -2.12. The van der Waals surface area contributed by atoms with Crippen LogP contribution in [0, 0.1) is 10.4 Å².